The van der Waals surface area contributed by atoms with E-state index in [1.54, 1.807) is 7.11 Å². The molecule has 0 fully saturated rings. The van der Waals surface area contributed by atoms with Crippen molar-refractivity contribution in [1.82, 2.24) is 9.55 Å². The number of aromatic nitrogens is 2. The van der Waals surface area contributed by atoms with Crippen molar-refractivity contribution in [3.63, 3.8) is 0 Å². The van der Waals surface area contributed by atoms with Crippen LogP contribution in [-0.4, -0.2) is 16.7 Å². The topological polar surface area (TPSA) is 53.1 Å². The molecule has 0 aliphatic carbocycles. The van der Waals surface area contributed by atoms with Gasteiger partial charge in [0.05, 0.1) is 23.8 Å². The van der Waals surface area contributed by atoms with Gasteiger partial charge in [-0.15, -0.1) is 0 Å². The number of nitrogen functional groups attached to an aromatic ring is 1. The highest BCUT2D eigenvalue weighted by Crippen LogP contribution is 2.31. The van der Waals surface area contributed by atoms with Gasteiger partial charge in [-0.3, -0.25) is 4.57 Å². The fourth-order valence-corrected chi connectivity index (χ4v) is 3.34. The molecule has 0 radical (unpaired) electrons. The molecule has 0 unspecified atom stereocenters. The number of rotatable bonds is 2. The van der Waals surface area contributed by atoms with E-state index in [1.807, 2.05) is 41.0 Å². The normalized spacial score (nSPS) is 10.9. The van der Waals surface area contributed by atoms with Gasteiger partial charge in [-0.25, -0.2) is 4.98 Å². The third-order valence-electron chi connectivity index (χ3n) is 3.04. The zero-order chi connectivity index (χ0) is 14.3. The van der Waals surface area contributed by atoms with Crippen molar-refractivity contribution in [2.75, 3.05) is 12.8 Å². The molecule has 1 aromatic heterocycles. The van der Waals surface area contributed by atoms with Crippen LogP contribution in [0.5, 0.6) is 5.75 Å². The van der Waals surface area contributed by atoms with Crippen molar-refractivity contribution in [1.29, 1.82) is 0 Å². The van der Waals surface area contributed by atoms with Crippen molar-refractivity contribution >= 4 is 48.8 Å². The molecule has 1 heterocycles. The Morgan fingerprint density at radius 3 is 2.65 bits per heavy atom. The van der Waals surface area contributed by atoms with Gasteiger partial charge in [0.1, 0.15) is 5.75 Å². The lowest BCUT2D eigenvalue weighted by Gasteiger charge is -2.10. The van der Waals surface area contributed by atoms with Crippen LogP contribution in [0.3, 0.4) is 0 Å². The molecule has 0 spiro atoms. The van der Waals surface area contributed by atoms with Crippen molar-refractivity contribution in [2.45, 2.75) is 0 Å². The maximum absolute atomic E-state index is 6.06. The summed E-state index contributed by atoms with van der Waals surface area (Å²) in [5.41, 5.74) is 8.73. The predicted molar refractivity (Wildman–Crippen MR) is 87.4 cm³/mol. The first-order valence-electron chi connectivity index (χ1n) is 5.87. The molecular formula is C14H11Br2N3O. The van der Waals surface area contributed by atoms with Crippen LogP contribution in [-0.2, 0) is 0 Å². The van der Waals surface area contributed by atoms with Gasteiger partial charge in [0.25, 0.3) is 0 Å². The Morgan fingerprint density at radius 1 is 1.15 bits per heavy atom. The standard InChI is InChI=1S/C14H11Br2N3O/c1-20-9-3-4-11-13(7-9)19(14(17)18-11)12-5-2-8(15)6-10(12)16/h2-7H,1H3,(H2,17,18). The number of benzene rings is 2. The van der Waals surface area contributed by atoms with Gasteiger partial charge in [-0.1, -0.05) is 15.9 Å². The van der Waals surface area contributed by atoms with E-state index in [0.717, 1.165) is 31.4 Å². The number of nitrogens with two attached hydrogens (primary N) is 1. The summed E-state index contributed by atoms with van der Waals surface area (Å²) in [5.74, 6) is 1.21. The van der Waals surface area contributed by atoms with E-state index in [4.69, 9.17) is 10.5 Å². The third kappa shape index (κ3) is 2.19. The Hall–Kier alpha value is -1.53. The van der Waals surface area contributed by atoms with Crippen LogP contribution in [0.25, 0.3) is 16.7 Å². The fourth-order valence-electron chi connectivity index (χ4n) is 2.12. The number of nitrogens with zero attached hydrogens (tertiary/aromatic N) is 2. The first kappa shape index (κ1) is 13.5. The van der Waals surface area contributed by atoms with Gasteiger partial charge in [-0.05, 0) is 46.3 Å². The van der Waals surface area contributed by atoms with E-state index in [-0.39, 0.29) is 0 Å². The predicted octanol–water partition coefficient (Wildman–Crippen LogP) is 4.14. The molecule has 2 aromatic carbocycles. The van der Waals surface area contributed by atoms with Crippen molar-refractivity contribution < 1.29 is 4.74 Å². The molecule has 2 N–H and O–H groups in total. The van der Waals surface area contributed by atoms with E-state index in [1.165, 1.54) is 0 Å². The summed E-state index contributed by atoms with van der Waals surface area (Å²) in [4.78, 5) is 4.38. The van der Waals surface area contributed by atoms with Gasteiger partial charge in [0.2, 0.25) is 5.95 Å². The third-order valence-corrected chi connectivity index (χ3v) is 4.17. The molecule has 3 rings (SSSR count). The molecular weight excluding hydrogens is 386 g/mol. The lowest BCUT2D eigenvalue weighted by molar-refractivity contribution is 0.415. The first-order chi connectivity index (χ1) is 9.60. The quantitative estimate of drug-likeness (QED) is 0.708. The largest absolute Gasteiger partial charge is 0.497 e. The average Bonchev–Trinajstić information content (AvgIpc) is 2.74. The molecule has 0 aliphatic heterocycles. The highest BCUT2D eigenvalue weighted by Gasteiger charge is 2.13. The smallest absolute Gasteiger partial charge is 0.205 e. The molecule has 102 valence electrons. The summed E-state index contributed by atoms with van der Waals surface area (Å²) in [6, 6.07) is 11.6. The molecule has 20 heavy (non-hydrogen) atoms. The second-order valence-corrected chi connectivity index (χ2v) is 6.03. The summed E-state index contributed by atoms with van der Waals surface area (Å²) in [6.45, 7) is 0. The minimum absolute atomic E-state index is 0.441. The number of anilines is 1. The highest BCUT2D eigenvalue weighted by atomic mass is 79.9. The van der Waals surface area contributed by atoms with Gasteiger partial charge in [0, 0.05) is 15.0 Å². The first-order valence-corrected chi connectivity index (χ1v) is 7.46. The average molecular weight is 397 g/mol. The minimum Gasteiger partial charge on any atom is -0.497 e. The number of ether oxygens (including phenoxy) is 1. The Kier molecular flexibility index (Phi) is 3.43. The molecule has 0 bridgehead atoms. The Labute approximate surface area is 132 Å². The van der Waals surface area contributed by atoms with Crippen LogP contribution in [0.2, 0.25) is 0 Å². The number of methoxy groups -OCH3 is 1. The summed E-state index contributed by atoms with van der Waals surface area (Å²) >= 11 is 7.00. The second kappa shape index (κ2) is 5.10. The molecule has 0 atom stereocenters. The fraction of sp³-hybridized carbons (Fsp3) is 0.0714. The SMILES string of the molecule is COc1ccc2nc(N)n(-c3ccc(Br)cc3Br)c2c1. The van der Waals surface area contributed by atoms with E-state index in [0.29, 0.717) is 5.95 Å². The number of imidazole rings is 1. The molecule has 0 saturated carbocycles. The summed E-state index contributed by atoms with van der Waals surface area (Å²) < 4.78 is 9.09. The van der Waals surface area contributed by atoms with Crippen molar-refractivity contribution in [3.05, 3.63) is 45.3 Å². The summed E-state index contributed by atoms with van der Waals surface area (Å²) in [6.07, 6.45) is 0. The minimum atomic E-state index is 0.441. The van der Waals surface area contributed by atoms with Crippen LogP contribution in [0.15, 0.2) is 45.3 Å². The molecule has 0 aliphatic rings. The highest BCUT2D eigenvalue weighted by molar-refractivity contribution is 9.11. The Bertz CT molecular complexity index is 798. The maximum Gasteiger partial charge on any atom is 0.205 e. The number of hydrogen-bond acceptors (Lipinski definition) is 3. The van der Waals surface area contributed by atoms with Gasteiger partial charge in [-0.2, -0.15) is 0 Å². The zero-order valence-electron chi connectivity index (χ0n) is 10.6. The van der Waals surface area contributed by atoms with Gasteiger partial charge >= 0.3 is 0 Å². The second-order valence-electron chi connectivity index (χ2n) is 4.26. The monoisotopic (exact) mass is 395 g/mol. The van der Waals surface area contributed by atoms with Crippen LogP contribution in [0.4, 0.5) is 5.95 Å². The van der Waals surface area contributed by atoms with Crippen LogP contribution in [0.1, 0.15) is 0 Å². The maximum atomic E-state index is 6.06. The number of halogens is 2. The number of hydrogen-bond donors (Lipinski definition) is 1. The van der Waals surface area contributed by atoms with E-state index in [9.17, 15) is 0 Å². The lowest BCUT2D eigenvalue weighted by Crippen LogP contribution is -2.01. The van der Waals surface area contributed by atoms with Gasteiger partial charge in [0.15, 0.2) is 0 Å². The van der Waals surface area contributed by atoms with Crippen molar-refractivity contribution in [2.24, 2.45) is 0 Å². The zero-order valence-corrected chi connectivity index (χ0v) is 13.8. The van der Waals surface area contributed by atoms with E-state index < -0.39 is 0 Å². The van der Waals surface area contributed by atoms with Gasteiger partial charge < -0.3 is 10.5 Å². The van der Waals surface area contributed by atoms with E-state index >= 15 is 0 Å². The Balaban J connectivity index is 2.31. The molecule has 0 amide bonds. The number of fused-ring (bicyclic) bond motifs is 1. The van der Waals surface area contributed by atoms with Crippen molar-refractivity contribution in [3.8, 4) is 11.4 Å². The lowest BCUT2D eigenvalue weighted by atomic mass is 10.2. The summed E-state index contributed by atoms with van der Waals surface area (Å²) in [7, 11) is 1.64. The Morgan fingerprint density at radius 2 is 1.95 bits per heavy atom. The van der Waals surface area contributed by atoms with Crippen LogP contribution < -0.4 is 10.5 Å². The molecule has 4 nitrogen and oxygen atoms in total. The molecule has 6 heteroatoms. The molecule has 3 aromatic rings. The van der Waals surface area contributed by atoms with Crippen LogP contribution in [0, 0.1) is 0 Å². The molecule has 0 saturated heterocycles. The summed E-state index contributed by atoms with van der Waals surface area (Å²) in [5, 5.41) is 0. The van der Waals surface area contributed by atoms with E-state index in [2.05, 4.69) is 36.8 Å². The van der Waals surface area contributed by atoms with Crippen LogP contribution >= 0.6 is 31.9 Å².